The predicted octanol–water partition coefficient (Wildman–Crippen LogP) is 1.80. The van der Waals surface area contributed by atoms with Gasteiger partial charge in [-0.15, -0.1) is 17.5 Å². The van der Waals surface area contributed by atoms with Gasteiger partial charge in [0.25, 0.3) is 5.91 Å². The molecule has 1 atom stereocenters. The quantitative estimate of drug-likeness (QED) is 0.827. The van der Waals surface area contributed by atoms with Crippen LogP contribution >= 0.6 is 12.4 Å². The first-order valence-corrected chi connectivity index (χ1v) is 8.62. The molecule has 2 aromatic heterocycles. The van der Waals surface area contributed by atoms with Crippen molar-refractivity contribution < 1.29 is 9.32 Å². The molecular weight excluding hydrogens is 358 g/mol. The Hall–Kier alpha value is -2.00. The van der Waals surface area contributed by atoms with Crippen molar-refractivity contribution in [1.82, 2.24) is 35.8 Å². The average molecular weight is 384 g/mol. The summed E-state index contributed by atoms with van der Waals surface area (Å²) in [5.41, 5.74) is 0.0872. The minimum atomic E-state index is -0.403. The Morgan fingerprint density at radius 2 is 2.08 bits per heavy atom. The molecule has 2 N–H and O–H groups in total. The summed E-state index contributed by atoms with van der Waals surface area (Å²) in [5.74, 6) is 0.688. The summed E-state index contributed by atoms with van der Waals surface area (Å²) in [5, 5.41) is 18.2. The van der Waals surface area contributed by atoms with Gasteiger partial charge in [0.2, 0.25) is 5.89 Å². The summed E-state index contributed by atoms with van der Waals surface area (Å²) < 4.78 is 7.05. The number of carbonyl (C=O) groups excluding carboxylic acids is 1. The van der Waals surface area contributed by atoms with Crippen molar-refractivity contribution in [3.05, 3.63) is 23.6 Å². The molecule has 144 valence electrons. The zero-order valence-electron chi connectivity index (χ0n) is 15.5. The highest BCUT2D eigenvalue weighted by Gasteiger charge is 2.25. The maximum absolute atomic E-state index is 12.4. The summed E-state index contributed by atoms with van der Waals surface area (Å²) in [7, 11) is 0. The van der Waals surface area contributed by atoms with Crippen LogP contribution in [-0.4, -0.2) is 44.1 Å². The molecule has 1 saturated heterocycles. The summed E-state index contributed by atoms with van der Waals surface area (Å²) in [6.45, 7) is 9.72. The van der Waals surface area contributed by atoms with Crippen LogP contribution < -0.4 is 10.6 Å². The van der Waals surface area contributed by atoms with Crippen molar-refractivity contribution in [3.63, 3.8) is 0 Å². The van der Waals surface area contributed by atoms with Crippen molar-refractivity contribution in [2.24, 2.45) is 0 Å². The first kappa shape index (κ1) is 20.3. The zero-order chi connectivity index (χ0) is 18.0. The number of halogens is 1. The van der Waals surface area contributed by atoms with Crippen LogP contribution in [0.2, 0.25) is 0 Å². The fraction of sp³-hybridized carbons (Fsp3) is 0.688. The number of hydrogen-bond donors (Lipinski definition) is 2. The van der Waals surface area contributed by atoms with Gasteiger partial charge in [-0.25, -0.2) is 4.68 Å². The monoisotopic (exact) mass is 383 g/mol. The molecule has 0 spiro atoms. The molecule has 0 radical (unpaired) electrons. The summed E-state index contributed by atoms with van der Waals surface area (Å²) in [4.78, 5) is 16.8. The van der Waals surface area contributed by atoms with Crippen LogP contribution in [0.5, 0.6) is 0 Å². The number of hydrogen-bond acceptors (Lipinski definition) is 7. The molecule has 3 rings (SSSR count). The average Bonchev–Trinajstić information content (AvgIpc) is 3.25. The predicted molar refractivity (Wildman–Crippen MR) is 97.3 cm³/mol. The molecule has 1 aliphatic heterocycles. The third-order valence-electron chi connectivity index (χ3n) is 4.26. The van der Waals surface area contributed by atoms with E-state index in [0.717, 1.165) is 25.9 Å². The number of carbonyl (C=O) groups is 1. The Morgan fingerprint density at radius 3 is 2.69 bits per heavy atom. The van der Waals surface area contributed by atoms with Crippen molar-refractivity contribution in [2.45, 2.75) is 58.0 Å². The number of aromatic nitrogens is 5. The lowest BCUT2D eigenvalue weighted by Crippen LogP contribution is -2.29. The largest absolute Gasteiger partial charge is 0.339 e. The van der Waals surface area contributed by atoms with Crippen LogP contribution in [0.15, 0.2) is 10.7 Å². The van der Waals surface area contributed by atoms with Crippen molar-refractivity contribution in [2.75, 3.05) is 13.1 Å². The lowest BCUT2D eigenvalue weighted by molar-refractivity contribution is 0.0927. The second-order valence-electron chi connectivity index (χ2n) is 7.47. The molecule has 1 aliphatic rings. The molecule has 2 aromatic rings. The van der Waals surface area contributed by atoms with Crippen molar-refractivity contribution in [1.29, 1.82) is 0 Å². The molecule has 3 heterocycles. The molecule has 9 nitrogen and oxygen atoms in total. The van der Waals surface area contributed by atoms with Gasteiger partial charge < -0.3 is 15.2 Å². The maximum Gasteiger partial charge on any atom is 0.274 e. The first-order chi connectivity index (χ1) is 11.8. The Bertz CT molecular complexity index is 731. The molecule has 1 unspecified atom stereocenters. The number of nitrogens with zero attached hydrogens (tertiary/aromatic N) is 5. The Kier molecular flexibility index (Phi) is 6.35. The van der Waals surface area contributed by atoms with E-state index in [1.165, 1.54) is 0 Å². The maximum atomic E-state index is 12.4. The van der Waals surface area contributed by atoms with Crippen LogP contribution in [-0.2, 0) is 5.41 Å². The number of rotatable bonds is 4. The Labute approximate surface area is 158 Å². The molecule has 26 heavy (non-hydrogen) atoms. The van der Waals surface area contributed by atoms with Gasteiger partial charge in [-0.3, -0.25) is 4.79 Å². The normalized spacial score (nSPS) is 16.8. The van der Waals surface area contributed by atoms with Gasteiger partial charge in [0, 0.05) is 5.41 Å². The molecule has 0 saturated carbocycles. The van der Waals surface area contributed by atoms with E-state index in [-0.39, 0.29) is 29.8 Å². The van der Waals surface area contributed by atoms with Gasteiger partial charge in [-0.2, -0.15) is 4.98 Å². The Balaban J connectivity index is 0.00000243. The minimum Gasteiger partial charge on any atom is -0.339 e. The van der Waals surface area contributed by atoms with Gasteiger partial charge in [-0.1, -0.05) is 31.1 Å². The van der Waals surface area contributed by atoms with Crippen LogP contribution in [0.4, 0.5) is 0 Å². The fourth-order valence-corrected chi connectivity index (χ4v) is 2.68. The van der Waals surface area contributed by atoms with E-state index >= 15 is 0 Å². The van der Waals surface area contributed by atoms with Gasteiger partial charge in [0.15, 0.2) is 11.5 Å². The van der Waals surface area contributed by atoms with Gasteiger partial charge in [0.1, 0.15) is 6.04 Å². The summed E-state index contributed by atoms with van der Waals surface area (Å²) in [6, 6.07) is -0.113. The standard InChI is InChI=1S/C16H25N7O2.ClH/c1-10(14-19-15(21-25-14)16(2,3)4)18-13(24)12-9-23(22-20-12)11-5-7-17-8-6-11;/h9-11,17H,5-8H2,1-4H3,(H,18,24);1H. The van der Waals surface area contributed by atoms with Crippen LogP contribution in [0, 0.1) is 0 Å². The van der Waals surface area contributed by atoms with Crippen LogP contribution in [0.3, 0.4) is 0 Å². The van der Waals surface area contributed by atoms with E-state index in [9.17, 15) is 4.79 Å². The van der Waals surface area contributed by atoms with E-state index in [2.05, 4.69) is 31.1 Å². The summed E-state index contributed by atoms with van der Waals surface area (Å²) in [6.07, 6.45) is 3.67. The molecule has 1 fully saturated rings. The minimum absolute atomic E-state index is 0. The number of amides is 1. The van der Waals surface area contributed by atoms with Gasteiger partial charge in [-0.05, 0) is 32.9 Å². The van der Waals surface area contributed by atoms with Crippen molar-refractivity contribution in [3.8, 4) is 0 Å². The van der Waals surface area contributed by atoms with Crippen LogP contribution in [0.25, 0.3) is 0 Å². The summed E-state index contributed by atoms with van der Waals surface area (Å²) >= 11 is 0. The molecular formula is C16H26ClN7O2. The highest BCUT2D eigenvalue weighted by Crippen LogP contribution is 2.21. The molecule has 0 aliphatic carbocycles. The fourth-order valence-electron chi connectivity index (χ4n) is 2.68. The van der Waals surface area contributed by atoms with Crippen molar-refractivity contribution >= 4 is 18.3 Å². The van der Waals surface area contributed by atoms with E-state index in [0.29, 0.717) is 17.4 Å². The second kappa shape index (κ2) is 8.13. The number of nitrogens with one attached hydrogen (secondary N) is 2. The molecule has 0 bridgehead atoms. The zero-order valence-corrected chi connectivity index (χ0v) is 16.3. The number of piperidine rings is 1. The third kappa shape index (κ3) is 4.59. The van der Waals surface area contributed by atoms with E-state index < -0.39 is 6.04 Å². The second-order valence-corrected chi connectivity index (χ2v) is 7.47. The lowest BCUT2D eigenvalue weighted by Gasteiger charge is -2.22. The highest BCUT2D eigenvalue weighted by molar-refractivity contribution is 5.92. The van der Waals surface area contributed by atoms with E-state index in [1.54, 1.807) is 17.8 Å². The SMILES string of the molecule is CC(NC(=O)c1cn(C2CCNCC2)nn1)c1nc(C(C)(C)C)no1.Cl. The highest BCUT2D eigenvalue weighted by atomic mass is 35.5. The molecule has 1 amide bonds. The van der Waals surface area contributed by atoms with E-state index in [4.69, 9.17) is 4.52 Å². The molecule has 0 aromatic carbocycles. The van der Waals surface area contributed by atoms with Crippen LogP contribution in [0.1, 0.15) is 74.8 Å². The van der Waals surface area contributed by atoms with Gasteiger partial charge in [0.05, 0.1) is 12.2 Å². The smallest absolute Gasteiger partial charge is 0.274 e. The van der Waals surface area contributed by atoms with Gasteiger partial charge >= 0.3 is 0 Å². The van der Waals surface area contributed by atoms with E-state index in [1.807, 2.05) is 20.8 Å². The topological polar surface area (TPSA) is 111 Å². The first-order valence-electron chi connectivity index (χ1n) is 8.62. The Morgan fingerprint density at radius 1 is 1.38 bits per heavy atom. The molecule has 10 heteroatoms. The third-order valence-corrected chi connectivity index (χ3v) is 4.26. The lowest BCUT2D eigenvalue weighted by atomic mass is 9.96.